The smallest absolute Gasteiger partial charge is 0.225 e. The summed E-state index contributed by atoms with van der Waals surface area (Å²) < 4.78 is 0. The van der Waals surface area contributed by atoms with Gasteiger partial charge in [-0.2, -0.15) is 0 Å². The summed E-state index contributed by atoms with van der Waals surface area (Å²) in [5.74, 6) is 1.83. The third-order valence-corrected chi connectivity index (χ3v) is 7.21. The highest BCUT2D eigenvalue weighted by molar-refractivity contribution is 5.80. The minimum atomic E-state index is 0.339. The summed E-state index contributed by atoms with van der Waals surface area (Å²) in [4.78, 5) is 23.9. The Bertz CT molecular complexity index is 532. The molecule has 26 heavy (non-hydrogen) atoms. The molecule has 0 radical (unpaired) electrons. The second-order valence-corrected chi connectivity index (χ2v) is 8.79. The van der Waals surface area contributed by atoms with Crippen LogP contribution in [0.15, 0.2) is 4.99 Å². The van der Waals surface area contributed by atoms with E-state index in [1.54, 1.807) is 0 Å². The fourth-order valence-corrected chi connectivity index (χ4v) is 4.96. The SMILES string of the molecule is CN=C(NCCN1CCN(C(=O)C2CCC2)CC1)N1CCC2(CCC2)C1. The Hall–Kier alpha value is -1.30. The highest BCUT2D eigenvalue weighted by atomic mass is 16.2. The zero-order chi connectivity index (χ0) is 18.0. The van der Waals surface area contributed by atoms with E-state index >= 15 is 0 Å². The van der Waals surface area contributed by atoms with E-state index in [4.69, 9.17) is 0 Å². The van der Waals surface area contributed by atoms with Gasteiger partial charge >= 0.3 is 0 Å². The number of hydrogen-bond acceptors (Lipinski definition) is 3. The van der Waals surface area contributed by atoms with Crippen LogP contribution >= 0.6 is 0 Å². The summed E-state index contributed by atoms with van der Waals surface area (Å²) in [6.45, 7) is 8.13. The van der Waals surface area contributed by atoms with Gasteiger partial charge in [0.15, 0.2) is 5.96 Å². The van der Waals surface area contributed by atoms with Crippen molar-refractivity contribution in [3.05, 3.63) is 0 Å². The fourth-order valence-electron chi connectivity index (χ4n) is 4.96. The van der Waals surface area contributed by atoms with Crippen molar-refractivity contribution in [3.63, 3.8) is 0 Å². The molecule has 4 rings (SSSR count). The van der Waals surface area contributed by atoms with E-state index < -0.39 is 0 Å². The molecule has 2 saturated heterocycles. The van der Waals surface area contributed by atoms with Gasteiger partial charge in [-0.15, -0.1) is 0 Å². The summed E-state index contributed by atoms with van der Waals surface area (Å²) >= 11 is 0. The Morgan fingerprint density at radius 1 is 1.04 bits per heavy atom. The van der Waals surface area contributed by atoms with Gasteiger partial charge in [-0.25, -0.2) is 0 Å². The van der Waals surface area contributed by atoms with Crippen molar-refractivity contribution in [1.29, 1.82) is 0 Å². The predicted molar refractivity (Wildman–Crippen MR) is 104 cm³/mol. The van der Waals surface area contributed by atoms with E-state index in [2.05, 4.69) is 25.0 Å². The molecule has 0 aromatic heterocycles. The topological polar surface area (TPSA) is 51.2 Å². The first-order chi connectivity index (χ1) is 12.7. The third-order valence-electron chi connectivity index (χ3n) is 7.21. The molecule has 1 N–H and O–H groups in total. The van der Waals surface area contributed by atoms with Crippen LogP contribution < -0.4 is 5.32 Å². The fraction of sp³-hybridized carbons (Fsp3) is 0.900. The standard InChI is InChI=1S/C20H35N5O/c1-21-19(25-10-8-20(16-25)6-3-7-20)22-9-11-23-12-14-24(15-13-23)18(26)17-4-2-5-17/h17H,2-16H2,1H3,(H,21,22). The molecule has 0 bridgehead atoms. The molecular weight excluding hydrogens is 326 g/mol. The Labute approximate surface area is 158 Å². The summed E-state index contributed by atoms with van der Waals surface area (Å²) in [7, 11) is 1.90. The van der Waals surface area contributed by atoms with Gasteiger partial charge in [0.05, 0.1) is 0 Å². The van der Waals surface area contributed by atoms with Crippen molar-refractivity contribution < 1.29 is 4.79 Å². The molecule has 4 aliphatic rings. The van der Waals surface area contributed by atoms with Gasteiger partial charge in [0.1, 0.15) is 0 Å². The average Bonchev–Trinajstić information content (AvgIpc) is 3.03. The zero-order valence-corrected chi connectivity index (χ0v) is 16.4. The average molecular weight is 362 g/mol. The van der Waals surface area contributed by atoms with Crippen LogP contribution in [0, 0.1) is 11.3 Å². The molecule has 0 aromatic carbocycles. The highest BCUT2D eigenvalue weighted by Crippen LogP contribution is 2.47. The Kier molecular flexibility index (Phi) is 5.39. The van der Waals surface area contributed by atoms with E-state index in [1.807, 2.05) is 7.05 Å². The molecule has 1 amide bonds. The largest absolute Gasteiger partial charge is 0.355 e. The van der Waals surface area contributed by atoms with Crippen molar-refractivity contribution in [1.82, 2.24) is 20.0 Å². The number of carbonyl (C=O) groups excluding carboxylic acids is 1. The number of nitrogens with one attached hydrogen (secondary N) is 1. The third kappa shape index (κ3) is 3.71. The normalized spacial score (nSPS) is 26.7. The number of hydrogen-bond donors (Lipinski definition) is 1. The maximum atomic E-state index is 12.3. The van der Waals surface area contributed by atoms with Crippen LogP contribution in [0.5, 0.6) is 0 Å². The van der Waals surface area contributed by atoms with Gasteiger partial charge in [0, 0.05) is 65.3 Å². The van der Waals surface area contributed by atoms with Gasteiger partial charge in [0.25, 0.3) is 0 Å². The van der Waals surface area contributed by atoms with Crippen LogP contribution in [0.2, 0.25) is 0 Å². The molecule has 0 atom stereocenters. The number of carbonyl (C=O) groups is 1. The van der Waals surface area contributed by atoms with Gasteiger partial charge in [-0.1, -0.05) is 12.8 Å². The van der Waals surface area contributed by atoms with Crippen LogP contribution in [0.1, 0.15) is 44.9 Å². The molecule has 2 aliphatic heterocycles. The van der Waals surface area contributed by atoms with E-state index in [0.29, 0.717) is 17.2 Å². The monoisotopic (exact) mass is 361 g/mol. The van der Waals surface area contributed by atoms with Crippen molar-refractivity contribution in [2.75, 3.05) is 59.4 Å². The van der Waals surface area contributed by atoms with E-state index in [9.17, 15) is 4.79 Å². The van der Waals surface area contributed by atoms with E-state index in [0.717, 1.165) is 64.6 Å². The molecule has 0 aromatic rings. The second kappa shape index (κ2) is 7.75. The lowest BCUT2D eigenvalue weighted by Gasteiger charge is -2.39. The summed E-state index contributed by atoms with van der Waals surface area (Å²) in [6, 6.07) is 0. The number of rotatable bonds is 4. The Morgan fingerprint density at radius 3 is 2.35 bits per heavy atom. The van der Waals surface area contributed by atoms with Crippen LogP contribution in [0.4, 0.5) is 0 Å². The summed E-state index contributed by atoms with van der Waals surface area (Å²) in [6.07, 6.45) is 9.02. The molecule has 1 spiro atoms. The number of amides is 1. The number of nitrogens with zero attached hydrogens (tertiary/aromatic N) is 4. The van der Waals surface area contributed by atoms with E-state index in [-0.39, 0.29) is 0 Å². The first-order valence-electron chi connectivity index (χ1n) is 10.7. The molecule has 6 heteroatoms. The first-order valence-corrected chi connectivity index (χ1v) is 10.7. The number of guanidine groups is 1. The second-order valence-electron chi connectivity index (χ2n) is 8.79. The summed E-state index contributed by atoms with van der Waals surface area (Å²) in [5.41, 5.74) is 0.612. The van der Waals surface area contributed by atoms with Gasteiger partial charge in [-0.3, -0.25) is 14.7 Å². The van der Waals surface area contributed by atoms with Crippen LogP contribution in [0.3, 0.4) is 0 Å². The Morgan fingerprint density at radius 2 is 1.81 bits per heavy atom. The maximum absolute atomic E-state index is 12.3. The minimum Gasteiger partial charge on any atom is -0.355 e. The minimum absolute atomic E-state index is 0.339. The predicted octanol–water partition coefficient (Wildman–Crippen LogP) is 1.38. The number of likely N-dealkylation sites (tertiary alicyclic amines) is 1. The van der Waals surface area contributed by atoms with Crippen LogP contribution in [-0.2, 0) is 4.79 Å². The van der Waals surface area contributed by atoms with Crippen LogP contribution in [-0.4, -0.2) is 86.0 Å². The van der Waals surface area contributed by atoms with Crippen molar-refractivity contribution >= 4 is 11.9 Å². The number of piperazine rings is 1. The van der Waals surface area contributed by atoms with Gasteiger partial charge in [0.2, 0.25) is 5.91 Å². The van der Waals surface area contributed by atoms with Crippen molar-refractivity contribution in [2.45, 2.75) is 44.9 Å². The Balaban J connectivity index is 1.15. The highest BCUT2D eigenvalue weighted by Gasteiger charge is 2.43. The van der Waals surface area contributed by atoms with Gasteiger partial charge in [-0.05, 0) is 37.5 Å². The van der Waals surface area contributed by atoms with Crippen molar-refractivity contribution in [3.8, 4) is 0 Å². The molecule has 4 fully saturated rings. The maximum Gasteiger partial charge on any atom is 0.225 e. The molecule has 146 valence electrons. The number of aliphatic imine (C=N–C) groups is 1. The first kappa shape index (κ1) is 18.1. The molecule has 2 heterocycles. The molecular formula is C20H35N5O. The zero-order valence-electron chi connectivity index (χ0n) is 16.4. The van der Waals surface area contributed by atoms with E-state index in [1.165, 1.54) is 38.6 Å². The lowest BCUT2D eigenvalue weighted by atomic mass is 9.68. The van der Waals surface area contributed by atoms with Crippen LogP contribution in [0.25, 0.3) is 0 Å². The lowest BCUT2D eigenvalue weighted by Crippen LogP contribution is -2.52. The van der Waals surface area contributed by atoms with Gasteiger partial charge < -0.3 is 15.1 Å². The molecule has 0 unspecified atom stereocenters. The molecule has 2 aliphatic carbocycles. The quantitative estimate of drug-likeness (QED) is 0.607. The summed E-state index contributed by atoms with van der Waals surface area (Å²) in [5, 5.41) is 3.57. The van der Waals surface area contributed by atoms with Crippen molar-refractivity contribution in [2.24, 2.45) is 16.3 Å². The molecule has 6 nitrogen and oxygen atoms in total. The lowest BCUT2D eigenvalue weighted by molar-refractivity contribution is -0.139. The molecule has 2 saturated carbocycles.